The Morgan fingerprint density at radius 3 is 2.65 bits per heavy atom. The molecule has 2 amide bonds. The maximum atomic E-state index is 13.2. The number of ether oxygens (including phenoxy) is 2. The lowest BCUT2D eigenvalue weighted by atomic mass is 10.0. The van der Waals surface area contributed by atoms with E-state index in [4.69, 9.17) is 9.47 Å². The van der Waals surface area contributed by atoms with Crippen LogP contribution in [0.25, 0.3) is 0 Å². The highest BCUT2D eigenvalue weighted by Crippen LogP contribution is 2.38. The van der Waals surface area contributed by atoms with Crippen LogP contribution in [0.15, 0.2) is 24.3 Å². The summed E-state index contributed by atoms with van der Waals surface area (Å²) in [4.78, 5) is 31.9. The molecule has 0 bridgehead atoms. The fourth-order valence-electron chi connectivity index (χ4n) is 5.23. The number of fused-ring (bicyclic) bond motifs is 1. The van der Waals surface area contributed by atoms with E-state index in [1.807, 2.05) is 28.0 Å². The highest BCUT2D eigenvalue weighted by molar-refractivity contribution is 5.94. The smallest absolute Gasteiger partial charge is 0.260 e. The number of amides is 2. The van der Waals surface area contributed by atoms with E-state index in [1.165, 1.54) is 19.3 Å². The van der Waals surface area contributed by atoms with Gasteiger partial charge in [0.1, 0.15) is 5.75 Å². The number of hydrogen-bond donors (Lipinski definition) is 0. The van der Waals surface area contributed by atoms with E-state index in [0.29, 0.717) is 36.5 Å². The van der Waals surface area contributed by atoms with Gasteiger partial charge in [0.2, 0.25) is 0 Å². The van der Waals surface area contributed by atoms with E-state index >= 15 is 0 Å². The largest absolute Gasteiger partial charge is 0.484 e. The summed E-state index contributed by atoms with van der Waals surface area (Å²) in [5.74, 6) is 1.41. The van der Waals surface area contributed by atoms with Crippen molar-refractivity contribution >= 4 is 11.8 Å². The predicted molar refractivity (Wildman–Crippen MR) is 116 cm³/mol. The molecule has 7 heteroatoms. The van der Waals surface area contributed by atoms with Crippen molar-refractivity contribution in [3.05, 3.63) is 29.8 Å². The van der Waals surface area contributed by atoms with Gasteiger partial charge >= 0.3 is 0 Å². The molecule has 3 heterocycles. The molecule has 168 valence electrons. The molecule has 31 heavy (non-hydrogen) atoms. The molecule has 1 aromatic carbocycles. The zero-order chi connectivity index (χ0) is 21.2. The number of hydrogen-bond acceptors (Lipinski definition) is 5. The van der Waals surface area contributed by atoms with Crippen LogP contribution >= 0.6 is 0 Å². The molecule has 7 nitrogen and oxygen atoms in total. The Bertz CT molecular complexity index is 806. The van der Waals surface area contributed by atoms with Crippen molar-refractivity contribution in [3.8, 4) is 5.75 Å². The van der Waals surface area contributed by atoms with Crippen LogP contribution in [0.4, 0.5) is 0 Å². The highest BCUT2D eigenvalue weighted by Gasteiger charge is 2.43. The van der Waals surface area contributed by atoms with Gasteiger partial charge in [0, 0.05) is 44.3 Å². The minimum Gasteiger partial charge on any atom is -0.484 e. The molecule has 5 rings (SSSR count). The summed E-state index contributed by atoms with van der Waals surface area (Å²) in [6, 6.07) is 8.06. The van der Waals surface area contributed by atoms with Gasteiger partial charge in [-0.1, -0.05) is 6.07 Å². The first kappa shape index (κ1) is 20.8. The first-order valence-corrected chi connectivity index (χ1v) is 11.8. The average Bonchev–Trinajstić information content (AvgIpc) is 3.67. The quantitative estimate of drug-likeness (QED) is 0.720. The number of piperidine rings is 1. The van der Waals surface area contributed by atoms with Gasteiger partial charge in [0.05, 0.1) is 19.3 Å². The number of rotatable bonds is 5. The zero-order valence-corrected chi connectivity index (χ0v) is 18.2. The Morgan fingerprint density at radius 1 is 1.00 bits per heavy atom. The lowest BCUT2D eigenvalue weighted by Crippen LogP contribution is -2.63. The number of carbonyl (C=O) groups is 2. The van der Waals surface area contributed by atoms with E-state index in [1.54, 1.807) is 6.07 Å². The standard InChI is InChI=1S/C24H33N3O4/c28-23(25-9-2-1-3-10-25)17-31-21-6-4-5-19(13-21)24(29)26-11-12-27-20(14-26)15-30-16-22(27)18-7-8-18/h4-6,13,18,20,22H,1-3,7-12,14-17H2/t20-,22-/m1/s1. The van der Waals surface area contributed by atoms with Gasteiger partial charge in [0.15, 0.2) is 6.61 Å². The van der Waals surface area contributed by atoms with Crippen LogP contribution in [0.5, 0.6) is 5.75 Å². The molecule has 3 aliphatic heterocycles. The number of carbonyl (C=O) groups excluding carboxylic acids is 2. The molecule has 1 aromatic rings. The van der Waals surface area contributed by atoms with Crippen molar-refractivity contribution in [2.45, 2.75) is 44.2 Å². The number of nitrogens with zero attached hydrogens (tertiary/aromatic N) is 3. The summed E-state index contributed by atoms with van der Waals surface area (Å²) in [7, 11) is 0. The number of piperazine rings is 1. The fraction of sp³-hybridized carbons (Fsp3) is 0.667. The molecule has 1 aliphatic carbocycles. The monoisotopic (exact) mass is 427 g/mol. The van der Waals surface area contributed by atoms with Crippen molar-refractivity contribution in [3.63, 3.8) is 0 Å². The molecule has 0 spiro atoms. The van der Waals surface area contributed by atoms with E-state index in [0.717, 1.165) is 51.5 Å². The number of likely N-dealkylation sites (tertiary alicyclic amines) is 1. The third kappa shape index (κ3) is 4.72. The first-order valence-electron chi connectivity index (χ1n) is 11.8. The van der Waals surface area contributed by atoms with Crippen LogP contribution in [0.3, 0.4) is 0 Å². The predicted octanol–water partition coefficient (Wildman–Crippen LogP) is 2.01. The van der Waals surface area contributed by atoms with Crippen molar-refractivity contribution in [1.82, 2.24) is 14.7 Å². The molecule has 0 N–H and O–H groups in total. The second-order valence-corrected chi connectivity index (χ2v) is 9.34. The molecule has 2 atom stereocenters. The molecule has 4 fully saturated rings. The van der Waals surface area contributed by atoms with Crippen LogP contribution < -0.4 is 4.74 Å². The maximum Gasteiger partial charge on any atom is 0.260 e. The fourth-order valence-corrected chi connectivity index (χ4v) is 5.23. The Balaban J connectivity index is 1.17. The van der Waals surface area contributed by atoms with Gasteiger partial charge in [0.25, 0.3) is 11.8 Å². The lowest BCUT2D eigenvalue weighted by molar-refractivity contribution is -0.134. The summed E-state index contributed by atoms with van der Waals surface area (Å²) >= 11 is 0. The molecule has 4 aliphatic rings. The SMILES string of the molecule is O=C(COc1cccc(C(=O)N2CCN3[C@@H](COC[C@@H]3C3CC3)C2)c1)N1CCCCC1. The van der Waals surface area contributed by atoms with Crippen LogP contribution in [0.1, 0.15) is 42.5 Å². The Hall–Kier alpha value is -2.12. The van der Waals surface area contributed by atoms with Crippen molar-refractivity contribution < 1.29 is 19.1 Å². The van der Waals surface area contributed by atoms with Crippen molar-refractivity contribution in [1.29, 1.82) is 0 Å². The highest BCUT2D eigenvalue weighted by atomic mass is 16.5. The Morgan fingerprint density at radius 2 is 1.84 bits per heavy atom. The maximum absolute atomic E-state index is 13.2. The molecule has 3 saturated heterocycles. The average molecular weight is 428 g/mol. The van der Waals surface area contributed by atoms with Crippen molar-refractivity contribution in [2.75, 3.05) is 52.5 Å². The van der Waals surface area contributed by atoms with Gasteiger partial charge in [-0.15, -0.1) is 0 Å². The van der Waals surface area contributed by atoms with Gasteiger partial charge in [-0.25, -0.2) is 0 Å². The summed E-state index contributed by atoms with van der Waals surface area (Å²) in [5.41, 5.74) is 0.617. The topological polar surface area (TPSA) is 62.3 Å². The third-order valence-electron chi connectivity index (χ3n) is 7.16. The zero-order valence-electron chi connectivity index (χ0n) is 18.2. The normalized spacial score (nSPS) is 27.0. The summed E-state index contributed by atoms with van der Waals surface area (Å²) in [5, 5.41) is 0. The lowest BCUT2D eigenvalue weighted by Gasteiger charge is -2.48. The molecule has 0 radical (unpaired) electrons. The number of benzene rings is 1. The molecule has 1 saturated carbocycles. The minimum atomic E-state index is 0.0232. The summed E-state index contributed by atoms with van der Waals surface area (Å²) < 4.78 is 11.6. The van der Waals surface area contributed by atoms with Crippen LogP contribution in [-0.2, 0) is 9.53 Å². The van der Waals surface area contributed by atoms with Crippen molar-refractivity contribution in [2.24, 2.45) is 5.92 Å². The van der Waals surface area contributed by atoms with E-state index in [9.17, 15) is 9.59 Å². The van der Waals surface area contributed by atoms with E-state index < -0.39 is 0 Å². The Labute approximate surface area is 184 Å². The first-order chi connectivity index (χ1) is 15.2. The third-order valence-corrected chi connectivity index (χ3v) is 7.16. The van der Waals surface area contributed by atoms with E-state index in [2.05, 4.69) is 4.90 Å². The minimum absolute atomic E-state index is 0.0232. The van der Waals surface area contributed by atoms with Crippen LogP contribution in [0.2, 0.25) is 0 Å². The number of morpholine rings is 1. The molecular formula is C24H33N3O4. The van der Waals surface area contributed by atoms with Gasteiger partial charge in [-0.2, -0.15) is 0 Å². The van der Waals surface area contributed by atoms with Gasteiger partial charge in [-0.3, -0.25) is 14.5 Å². The Kier molecular flexibility index (Phi) is 6.14. The molecular weight excluding hydrogens is 394 g/mol. The van der Waals surface area contributed by atoms with Gasteiger partial charge < -0.3 is 19.3 Å². The molecule has 0 unspecified atom stereocenters. The van der Waals surface area contributed by atoms with Crippen LogP contribution in [-0.4, -0.2) is 91.1 Å². The second kappa shape index (κ2) is 9.17. The summed E-state index contributed by atoms with van der Waals surface area (Å²) in [6.45, 7) is 5.58. The molecule has 0 aromatic heterocycles. The summed E-state index contributed by atoms with van der Waals surface area (Å²) in [6.07, 6.45) is 5.95. The second-order valence-electron chi connectivity index (χ2n) is 9.34. The van der Waals surface area contributed by atoms with Gasteiger partial charge in [-0.05, 0) is 56.2 Å². The van der Waals surface area contributed by atoms with E-state index in [-0.39, 0.29) is 18.4 Å². The van der Waals surface area contributed by atoms with Crippen LogP contribution in [0, 0.1) is 5.92 Å².